The molecular formula is C20H27F3N4O5. The summed E-state index contributed by atoms with van der Waals surface area (Å²) in [5, 5.41) is 16.4. The molecule has 0 radical (unpaired) electrons. The summed E-state index contributed by atoms with van der Waals surface area (Å²) < 4.78 is 46.2. The van der Waals surface area contributed by atoms with E-state index in [2.05, 4.69) is 10.6 Å². The molecule has 0 aliphatic carbocycles. The maximum atomic E-state index is 13.6. The fourth-order valence-electron chi connectivity index (χ4n) is 3.34. The first-order valence-corrected chi connectivity index (χ1v) is 10.1. The van der Waals surface area contributed by atoms with Crippen LogP contribution in [0.15, 0.2) is 12.1 Å². The van der Waals surface area contributed by atoms with Crippen molar-refractivity contribution < 1.29 is 32.4 Å². The van der Waals surface area contributed by atoms with Gasteiger partial charge in [-0.3, -0.25) is 14.9 Å². The van der Waals surface area contributed by atoms with Crippen LogP contribution in [0, 0.1) is 10.1 Å². The van der Waals surface area contributed by atoms with Crippen molar-refractivity contribution in [1.29, 1.82) is 0 Å². The summed E-state index contributed by atoms with van der Waals surface area (Å²) >= 11 is 0. The molecular weight excluding hydrogens is 433 g/mol. The Morgan fingerprint density at radius 3 is 2.47 bits per heavy atom. The number of piperidine rings is 1. The van der Waals surface area contributed by atoms with Crippen molar-refractivity contribution in [3.05, 3.63) is 33.4 Å². The lowest BCUT2D eigenvalue weighted by molar-refractivity contribution is -0.384. The molecule has 0 bridgehead atoms. The zero-order valence-electron chi connectivity index (χ0n) is 18.3. The summed E-state index contributed by atoms with van der Waals surface area (Å²) in [6, 6.07) is 0.576. The maximum absolute atomic E-state index is 13.6. The van der Waals surface area contributed by atoms with Crippen molar-refractivity contribution in [2.45, 2.75) is 58.4 Å². The summed E-state index contributed by atoms with van der Waals surface area (Å²) in [5.74, 6) is -1.10. The molecule has 2 amide bonds. The van der Waals surface area contributed by atoms with Gasteiger partial charge in [-0.25, -0.2) is 4.79 Å². The second kappa shape index (κ2) is 9.61. The molecule has 1 aliphatic heterocycles. The summed E-state index contributed by atoms with van der Waals surface area (Å²) in [4.78, 5) is 36.9. The van der Waals surface area contributed by atoms with Crippen LogP contribution >= 0.6 is 0 Å². The lowest BCUT2D eigenvalue weighted by Crippen LogP contribution is -2.50. The van der Waals surface area contributed by atoms with Crippen LogP contribution in [0.1, 0.15) is 56.5 Å². The first-order valence-electron chi connectivity index (χ1n) is 10.1. The van der Waals surface area contributed by atoms with E-state index in [1.165, 1.54) is 4.90 Å². The molecule has 0 spiro atoms. The van der Waals surface area contributed by atoms with E-state index in [-0.39, 0.29) is 18.8 Å². The number of hydrogen-bond acceptors (Lipinski definition) is 6. The predicted octanol–water partition coefficient (Wildman–Crippen LogP) is 4.17. The van der Waals surface area contributed by atoms with Crippen LogP contribution in [0.25, 0.3) is 0 Å². The first kappa shape index (κ1) is 25.2. The number of rotatable bonds is 5. The number of nitrogens with zero attached hydrogens (tertiary/aromatic N) is 2. The van der Waals surface area contributed by atoms with Gasteiger partial charge in [-0.05, 0) is 46.6 Å². The van der Waals surface area contributed by atoms with Crippen LogP contribution < -0.4 is 10.6 Å². The number of alkyl halides is 3. The zero-order valence-corrected chi connectivity index (χ0v) is 18.3. The van der Waals surface area contributed by atoms with Crippen LogP contribution in [-0.2, 0) is 10.9 Å². The van der Waals surface area contributed by atoms with Crippen LogP contribution in [0.3, 0.4) is 0 Å². The van der Waals surface area contributed by atoms with Crippen molar-refractivity contribution in [1.82, 2.24) is 10.2 Å². The van der Waals surface area contributed by atoms with Gasteiger partial charge in [0.1, 0.15) is 11.3 Å². The number of nitro benzene ring substituents is 1. The van der Waals surface area contributed by atoms with E-state index in [0.29, 0.717) is 31.5 Å². The molecule has 1 aliphatic rings. The Bertz CT molecular complexity index is 883. The molecule has 2 rings (SSSR count). The number of hydrogen-bond donors (Lipinski definition) is 2. The first-order chi connectivity index (χ1) is 14.7. The van der Waals surface area contributed by atoms with E-state index in [4.69, 9.17) is 4.74 Å². The van der Waals surface area contributed by atoms with Gasteiger partial charge in [-0.1, -0.05) is 0 Å². The van der Waals surface area contributed by atoms with Gasteiger partial charge < -0.3 is 20.3 Å². The SMILES string of the molecule is CCNc1cc(C(F)(F)F)c(C(=O)N[C@@H]2CCCN(C(=O)OC(C)(C)C)C2)cc1[N+](=O)[O-]. The third kappa shape index (κ3) is 6.47. The number of amides is 2. The van der Waals surface area contributed by atoms with Crippen molar-refractivity contribution in [2.24, 2.45) is 0 Å². The van der Waals surface area contributed by atoms with E-state index in [1.54, 1.807) is 27.7 Å². The maximum Gasteiger partial charge on any atom is 0.417 e. The van der Waals surface area contributed by atoms with Crippen molar-refractivity contribution >= 4 is 23.4 Å². The second-order valence-electron chi connectivity index (χ2n) is 8.44. The second-order valence-corrected chi connectivity index (χ2v) is 8.44. The normalized spacial score (nSPS) is 17.0. The number of nitro groups is 1. The molecule has 12 heteroatoms. The molecule has 0 unspecified atom stereocenters. The number of ether oxygens (including phenoxy) is 1. The van der Waals surface area contributed by atoms with Gasteiger partial charge in [0.2, 0.25) is 0 Å². The number of carbonyl (C=O) groups is 2. The highest BCUT2D eigenvalue weighted by Gasteiger charge is 2.38. The van der Waals surface area contributed by atoms with Crippen LogP contribution in [0.2, 0.25) is 0 Å². The number of carbonyl (C=O) groups excluding carboxylic acids is 2. The molecule has 1 heterocycles. The van der Waals surface area contributed by atoms with Crippen LogP contribution in [0.4, 0.5) is 29.3 Å². The van der Waals surface area contributed by atoms with Crippen molar-refractivity contribution in [3.8, 4) is 0 Å². The Kier molecular flexibility index (Phi) is 7.58. The predicted molar refractivity (Wildman–Crippen MR) is 111 cm³/mol. The lowest BCUT2D eigenvalue weighted by atomic mass is 10.0. The lowest BCUT2D eigenvalue weighted by Gasteiger charge is -2.34. The van der Waals surface area contributed by atoms with E-state index >= 15 is 0 Å². The quantitative estimate of drug-likeness (QED) is 0.504. The summed E-state index contributed by atoms with van der Waals surface area (Å²) in [6.07, 6.45) is -4.54. The van der Waals surface area contributed by atoms with Gasteiger partial charge >= 0.3 is 12.3 Å². The minimum absolute atomic E-state index is 0.0551. The number of halogens is 3. The molecule has 0 saturated carbocycles. The Labute approximate surface area is 183 Å². The highest BCUT2D eigenvalue weighted by Crippen LogP contribution is 2.38. The molecule has 1 aromatic carbocycles. The third-order valence-electron chi connectivity index (χ3n) is 4.66. The number of anilines is 1. The highest BCUT2D eigenvalue weighted by atomic mass is 19.4. The summed E-state index contributed by atoms with van der Waals surface area (Å²) in [5.41, 5.74) is -3.81. The molecule has 1 atom stereocenters. The van der Waals surface area contributed by atoms with E-state index < -0.39 is 51.6 Å². The summed E-state index contributed by atoms with van der Waals surface area (Å²) in [7, 11) is 0. The van der Waals surface area contributed by atoms with Gasteiger partial charge in [0, 0.05) is 31.7 Å². The molecule has 2 N–H and O–H groups in total. The molecule has 1 aromatic rings. The molecule has 9 nitrogen and oxygen atoms in total. The molecule has 1 fully saturated rings. The number of likely N-dealkylation sites (tertiary alicyclic amines) is 1. The molecule has 32 heavy (non-hydrogen) atoms. The van der Waals surface area contributed by atoms with E-state index in [1.807, 2.05) is 0 Å². The minimum atomic E-state index is -4.90. The average molecular weight is 460 g/mol. The zero-order chi connectivity index (χ0) is 24.3. The Morgan fingerprint density at radius 2 is 1.94 bits per heavy atom. The van der Waals surface area contributed by atoms with Gasteiger partial charge in [-0.2, -0.15) is 13.2 Å². The summed E-state index contributed by atoms with van der Waals surface area (Å²) in [6.45, 7) is 7.30. The fraction of sp³-hybridized carbons (Fsp3) is 0.600. The largest absolute Gasteiger partial charge is 0.444 e. The standard InChI is InChI=1S/C20H27F3N4O5/c1-5-24-15-10-14(20(21,22)23)13(9-16(15)27(30)31)17(28)25-12-7-6-8-26(11-12)18(29)32-19(2,3)4/h9-10,12,24H,5-8,11H2,1-4H3,(H,25,28)/t12-/m1/s1. The van der Waals surface area contributed by atoms with Crippen molar-refractivity contribution in [3.63, 3.8) is 0 Å². The van der Waals surface area contributed by atoms with Crippen LogP contribution in [-0.4, -0.2) is 53.1 Å². The highest BCUT2D eigenvalue weighted by molar-refractivity contribution is 5.98. The van der Waals surface area contributed by atoms with E-state index in [0.717, 1.165) is 0 Å². The van der Waals surface area contributed by atoms with Gasteiger partial charge in [0.15, 0.2) is 0 Å². The molecule has 1 saturated heterocycles. The Balaban J connectivity index is 2.29. The van der Waals surface area contributed by atoms with Gasteiger partial charge in [0.25, 0.3) is 11.6 Å². The van der Waals surface area contributed by atoms with Crippen LogP contribution in [0.5, 0.6) is 0 Å². The molecule has 178 valence electrons. The van der Waals surface area contributed by atoms with Gasteiger partial charge in [0.05, 0.1) is 16.1 Å². The monoisotopic (exact) mass is 460 g/mol. The number of benzene rings is 1. The Morgan fingerprint density at radius 1 is 1.28 bits per heavy atom. The molecule has 0 aromatic heterocycles. The fourth-order valence-corrected chi connectivity index (χ4v) is 3.34. The third-order valence-corrected chi connectivity index (χ3v) is 4.66. The van der Waals surface area contributed by atoms with E-state index in [9.17, 15) is 32.9 Å². The smallest absolute Gasteiger partial charge is 0.417 e. The van der Waals surface area contributed by atoms with Crippen molar-refractivity contribution in [2.75, 3.05) is 25.0 Å². The topological polar surface area (TPSA) is 114 Å². The number of nitrogens with one attached hydrogen (secondary N) is 2. The average Bonchev–Trinajstić information content (AvgIpc) is 2.65. The van der Waals surface area contributed by atoms with Gasteiger partial charge in [-0.15, -0.1) is 0 Å². The minimum Gasteiger partial charge on any atom is -0.444 e. The Hall–Kier alpha value is -3.05.